The van der Waals surface area contributed by atoms with Crippen molar-refractivity contribution in [3.05, 3.63) is 107 Å². The van der Waals surface area contributed by atoms with Crippen molar-refractivity contribution in [3.8, 4) is 5.75 Å². The van der Waals surface area contributed by atoms with E-state index in [2.05, 4.69) is 15.8 Å². The van der Waals surface area contributed by atoms with Crippen molar-refractivity contribution in [1.82, 2.24) is 5.43 Å². The molecule has 0 aliphatic rings. The minimum atomic E-state index is -1.04. The van der Waals surface area contributed by atoms with Crippen molar-refractivity contribution in [3.63, 3.8) is 0 Å². The van der Waals surface area contributed by atoms with Gasteiger partial charge >= 0.3 is 17.8 Å². The van der Waals surface area contributed by atoms with Gasteiger partial charge in [0.25, 0.3) is 0 Å². The summed E-state index contributed by atoms with van der Waals surface area (Å²) in [5, 5.41) is 7.98. The first-order valence-corrected chi connectivity index (χ1v) is 10.7. The van der Waals surface area contributed by atoms with Crippen LogP contribution in [0.5, 0.6) is 5.75 Å². The number of rotatable bonds is 5. The van der Waals surface area contributed by atoms with E-state index in [9.17, 15) is 18.8 Å². The average molecular weight is 490 g/mol. The van der Waals surface area contributed by atoms with Crippen LogP contribution in [0.3, 0.4) is 0 Å². The highest BCUT2D eigenvalue weighted by Crippen LogP contribution is 2.28. The van der Waals surface area contributed by atoms with Gasteiger partial charge in [0, 0.05) is 11.3 Å². The topological polar surface area (TPSA) is 96.9 Å². The third-order valence-electron chi connectivity index (χ3n) is 4.90. The van der Waals surface area contributed by atoms with Crippen molar-refractivity contribution in [2.75, 3.05) is 5.32 Å². The minimum Gasteiger partial charge on any atom is -0.422 e. The van der Waals surface area contributed by atoms with E-state index in [4.69, 9.17) is 16.3 Å². The number of anilines is 1. The van der Waals surface area contributed by atoms with Crippen LogP contribution in [0.1, 0.15) is 15.9 Å². The highest BCUT2D eigenvalue weighted by atomic mass is 35.5. The number of halogens is 2. The lowest BCUT2D eigenvalue weighted by Gasteiger charge is -2.11. The van der Waals surface area contributed by atoms with Gasteiger partial charge in [0.1, 0.15) is 11.6 Å². The van der Waals surface area contributed by atoms with Gasteiger partial charge in [0.15, 0.2) is 0 Å². The standard InChI is InChI=1S/C26H17ClFN3O4/c27-22-8-4-3-7-20(22)26(34)35-23-14-9-16-5-1-2-6-19(16)21(23)15-29-31-25(33)24(32)30-18-12-10-17(28)11-13-18/h1-15H,(H,30,32)(H,31,33). The summed E-state index contributed by atoms with van der Waals surface area (Å²) >= 11 is 6.10. The molecule has 9 heteroatoms. The van der Waals surface area contributed by atoms with E-state index in [0.29, 0.717) is 10.9 Å². The number of hydrazone groups is 1. The van der Waals surface area contributed by atoms with Gasteiger partial charge in [0.2, 0.25) is 0 Å². The first-order chi connectivity index (χ1) is 16.9. The SMILES string of the molecule is O=C(NN=Cc1c(OC(=O)c2ccccc2Cl)ccc2ccccc12)C(=O)Nc1ccc(F)cc1. The molecule has 2 amide bonds. The van der Waals surface area contributed by atoms with Crippen molar-refractivity contribution < 1.29 is 23.5 Å². The quantitative estimate of drug-likeness (QED) is 0.136. The molecule has 0 aromatic heterocycles. The Bertz CT molecular complexity index is 1450. The summed E-state index contributed by atoms with van der Waals surface area (Å²) in [4.78, 5) is 36.9. The summed E-state index contributed by atoms with van der Waals surface area (Å²) in [6.07, 6.45) is 1.28. The van der Waals surface area contributed by atoms with E-state index in [-0.39, 0.29) is 22.0 Å². The molecular formula is C26H17ClFN3O4. The second-order valence-electron chi connectivity index (χ2n) is 7.23. The molecule has 0 fully saturated rings. The highest BCUT2D eigenvalue weighted by molar-refractivity contribution is 6.39. The number of hydrogen-bond donors (Lipinski definition) is 2. The Morgan fingerprint density at radius 3 is 2.34 bits per heavy atom. The third-order valence-corrected chi connectivity index (χ3v) is 5.22. The van der Waals surface area contributed by atoms with Crippen LogP contribution in [-0.4, -0.2) is 24.0 Å². The Morgan fingerprint density at radius 2 is 1.57 bits per heavy atom. The Kier molecular flexibility index (Phi) is 7.13. The van der Waals surface area contributed by atoms with Gasteiger partial charge in [-0.25, -0.2) is 14.6 Å². The molecule has 0 aliphatic carbocycles. The normalized spacial score (nSPS) is 10.8. The smallest absolute Gasteiger partial charge is 0.345 e. The molecule has 0 unspecified atom stereocenters. The fraction of sp³-hybridized carbons (Fsp3) is 0. The number of carbonyl (C=O) groups is 3. The zero-order chi connectivity index (χ0) is 24.8. The Morgan fingerprint density at radius 1 is 0.857 bits per heavy atom. The van der Waals surface area contributed by atoms with E-state index < -0.39 is 23.6 Å². The van der Waals surface area contributed by atoms with Crippen LogP contribution in [0.25, 0.3) is 10.8 Å². The minimum absolute atomic E-state index is 0.183. The molecule has 7 nitrogen and oxygen atoms in total. The fourth-order valence-electron chi connectivity index (χ4n) is 3.21. The monoisotopic (exact) mass is 489 g/mol. The average Bonchev–Trinajstić information content (AvgIpc) is 2.86. The Hall–Kier alpha value is -4.56. The fourth-order valence-corrected chi connectivity index (χ4v) is 3.42. The number of nitrogens with one attached hydrogen (secondary N) is 2. The number of esters is 1. The molecule has 0 bridgehead atoms. The van der Waals surface area contributed by atoms with Gasteiger partial charge in [-0.15, -0.1) is 0 Å². The molecule has 174 valence electrons. The zero-order valence-corrected chi connectivity index (χ0v) is 18.8. The summed E-state index contributed by atoms with van der Waals surface area (Å²) in [6, 6.07) is 22.1. The van der Waals surface area contributed by atoms with Gasteiger partial charge in [-0.3, -0.25) is 9.59 Å². The van der Waals surface area contributed by atoms with Crippen LogP contribution in [-0.2, 0) is 9.59 Å². The predicted molar refractivity (Wildman–Crippen MR) is 131 cm³/mol. The first kappa shape index (κ1) is 23.6. The van der Waals surface area contributed by atoms with Gasteiger partial charge in [-0.2, -0.15) is 5.10 Å². The highest BCUT2D eigenvalue weighted by Gasteiger charge is 2.16. The maximum Gasteiger partial charge on any atom is 0.345 e. The molecule has 35 heavy (non-hydrogen) atoms. The summed E-state index contributed by atoms with van der Waals surface area (Å²) in [5.74, 6) is -2.98. The molecule has 0 atom stereocenters. The number of carbonyl (C=O) groups excluding carboxylic acids is 3. The summed E-state index contributed by atoms with van der Waals surface area (Å²) < 4.78 is 18.6. The summed E-state index contributed by atoms with van der Waals surface area (Å²) in [6.45, 7) is 0. The van der Waals surface area contributed by atoms with Crippen molar-refractivity contribution in [2.45, 2.75) is 0 Å². The number of nitrogens with zero attached hydrogens (tertiary/aromatic N) is 1. The molecule has 0 saturated carbocycles. The second kappa shape index (κ2) is 10.6. The number of hydrogen-bond acceptors (Lipinski definition) is 5. The third kappa shape index (κ3) is 5.69. The Balaban J connectivity index is 1.54. The molecule has 4 rings (SSSR count). The zero-order valence-electron chi connectivity index (χ0n) is 18.0. The molecule has 4 aromatic carbocycles. The van der Waals surface area contributed by atoms with Crippen molar-refractivity contribution in [2.24, 2.45) is 5.10 Å². The molecule has 0 saturated heterocycles. The van der Waals surface area contributed by atoms with Crippen LogP contribution in [0.15, 0.2) is 90.0 Å². The number of benzene rings is 4. The first-order valence-electron chi connectivity index (χ1n) is 10.3. The summed E-state index contributed by atoms with van der Waals surface area (Å²) in [5.41, 5.74) is 2.98. The number of ether oxygens (including phenoxy) is 1. The van der Waals surface area contributed by atoms with Gasteiger partial charge < -0.3 is 10.1 Å². The molecule has 0 aliphatic heterocycles. The van der Waals surface area contributed by atoms with E-state index in [1.807, 2.05) is 12.1 Å². The maximum absolute atomic E-state index is 13.0. The van der Waals surface area contributed by atoms with Gasteiger partial charge in [0.05, 0.1) is 16.8 Å². The predicted octanol–water partition coefficient (Wildman–Crippen LogP) is 4.94. The van der Waals surface area contributed by atoms with Crippen LogP contribution < -0.4 is 15.5 Å². The molecule has 4 aromatic rings. The van der Waals surface area contributed by atoms with Crippen molar-refractivity contribution in [1.29, 1.82) is 0 Å². The molecule has 2 N–H and O–H groups in total. The second-order valence-corrected chi connectivity index (χ2v) is 7.64. The largest absolute Gasteiger partial charge is 0.422 e. The van der Waals surface area contributed by atoms with Crippen LogP contribution in [0, 0.1) is 5.82 Å². The van der Waals surface area contributed by atoms with Crippen LogP contribution in [0.2, 0.25) is 5.02 Å². The molecule has 0 spiro atoms. The summed E-state index contributed by atoms with van der Waals surface area (Å²) in [7, 11) is 0. The number of fused-ring (bicyclic) bond motifs is 1. The van der Waals surface area contributed by atoms with E-state index in [1.165, 1.54) is 18.3 Å². The lowest BCUT2D eigenvalue weighted by molar-refractivity contribution is -0.136. The molecular weight excluding hydrogens is 473 g/mol. The van der Waals surface area contributed by atoms with Crippen LogP contribution >= 0.6 is 11.6 Å². The molecule has 0 heterocycles. The lowest BCUT2D eigenvalue weighted by atomic mass is 10.0. The van der Waals surface area contributed by atoms with E-state index in [0.717, 1.165) is 17.5 Å². The van der Waals surface area contributed by atoms with Gasteiger partial charge in [-0.1, -0.05) is 54.1 Å². The Labute approximate surface area is 204 Å². The lowest BCUT2D eigenvalue weighted by Crippen LogP contribution is -2.32. The maximum atomic E-state index is 13.0. The van der Waals surface area contributed by atoms with E-state index in [1.54, 1.807) is 48.5 Å². The van der Waals surface area contributed by atoms with Gasteiger partial charge in [-0.05, 0) is 53.2 Å². The molecule has 0 radical (unpaired) electrons. The van der Waals surface area contributed by atoms with E-state index >= 15 is 0 Å². The van der Waals surface area contributed by atoms with Crippen molar-refractivity contribution >= 4 is 52.1 Å². The number of amides is 2. The van der Waals surface area contributed by atoms with Crippen LogP contribution in [0.4, 0.5) is 10.1 Å².